The fourth-order valence-corrected chi connectivity index (χ4v) is 4.20. The summed E-state index contributed by atoms with van der Waals surface area (Å²) in [5.74, 6) is -1.43. The van der Waals surface area contributed by atoms with E-state index in [9.17, 15) is 23.1 Å². The van der Waals surface area contributed by atoms with Crippen molar-refractivity contribution in [2.75, 3.05) is 37.7 Å². The third-order valence-electron chi connectivity index (χ3n) is 4.66. The van der Waals surface area contributed by atoms with Crippen LogP contribution in [-0.4, -0.2) is 76.2 Å². The Morgan fingerprint density at radius 2 is 2.06 bits per heavy atom. The molecule has 1 aromatic carbocycles. The van der Waals surface area contributed by atoms with Gasteiger partial charge in [0.2, 0.25) is 22.3 Å². The number of hydrogen-bond donors (Lipinski definition) is 5. The van der Waals surface area contributed by atoms with Gasteiger partial charge in [0.1, 0.15) is 12.3 Å². The minimum absolute atomic E-state index is 0.0753. The van der Waals surface area contributed by atoms with Gasteiger partial charge in [-0.25, -0.2) is 8.42 Å². The number of anilines is 1. The van der Waals surface area contributed by atoms with Crippen LogP contribution < -0.4 is 30.3 Å². The molecule has 1 fully saturated rings. The van der Waals surface area contributed by atoms with E-state index in [1.807, 2.05) is 0 Å². The summed E-state index contributed by atoms with van der Waals surface area (Å²) in [6.45, 7) is 2.31. The lowest BCUT2D eigenvalue weighted by Crippen LogP contribution is -2.48. The number of carboxylic acid groups (broad SMARTS) is 1. The Labute approximate surface area is 190 Å². The molecule has 3 rings (SSSR count). The van der Waals surface area contributed by atoms with Crippen LogP contribution in [0.2, 0.25) is 0 Å². The molecule has 1 amide bonds. The molecule has 0 spiro atoms. The van der Waals surface area contributed by atoms with Crippen molar-refractivity contribution in [1.29, 1.82) is 0 Å². The summed E-state index contributed by atoms with van der Waals surface area (Å²) in [6, 6.07) is 7.01. The Hall–Kier alpha value is -3.04. The first-order valence-corrected chi connectivity index (χ1v) is 11.7. The Morgan fingerprint density at radius 3 is 2.73 bits per heavy atom. The van der Waals surface area contributed by atoms with Crippen LogP contribution in [0.4, 0.5) is 5.88 Å². The molecule has 1 saturated heterocycles. The predicted octanol–water partition coefficient (Wildman–Crippen LogP) is -1.10. The highest BCUT2D eigenvalue weighted by atomic mass is 32.2. The van der Waals surface area contributed by atoms with E-state index in [-0.39, 0.29) is 22.9 Å². The molecule has 13 nitrogen and oxygen atoms in total. The van der Waals surface area contributed by atoms with Crippen LogP contribution in [0.5, 0.6) is 5.88 Å². The van der Waals surface area contributed by atoms with Gasteiger partial charge >= 0.3 is 5.97 Å². The molecule has 2 aromatic rings. The highest BCUT2D eigenvalue weighted by Gasteiger charge is 2.29. The van der Waals surface area contributed by atoms with E-state index in [2.05, 4.69) is 25.8 Å². The number of rotatable bonds is 14. The second-order valence-electron chi connectivity index (χ2n) is 7.08. The molecule has 1 aromatic heterocycles. The van der Waals surface area contributed by atoms with Gasteiger partial charge in [0.05, 0.1) is 24.1 Å². The fourth-order valence-electron chi connectivity index (χ4n) is 3.00. The lowest BCUT2D eigenvalue weighted by molar-refractivity contribution is -0.138. The lowest BCUT2D eigenvalue weighted by atomic mass is 10.3. The summed E-state index contributed by atoms with van der Waals surface area (Å²) in [5, 5.41) is 22.9. The Bertz CT molecular complexity index is 1010. The first-order valence-electron chi connectivity index (χ1n) is 10.2. The molecule has 1 atom stereocenters. The number of aliphatic carboxylic acids is 1. The molecular formula is C19H26N6O7S. The number of sulfonamides is 1. The van der Waals surface area contributed by atoms with Gasteiger partial charge in [-0.15, -0.1) is 0 Å². The normalized spacial score (nSPS) is 15.3. The standard InChI is InChI=1S/C19H26N6O7S/c26-13-25(12-15(18(27)28)24-33(29,30)14-5-2-1-3-6-14)17-11-16(23-32-17)31-10-4-7-20-19-21-8-9-22-19/h1-3,5-6,11,13,15,19-22,24H,4,7-10,12H2,(H,27,28). The van der Waals surface area contributed by atoms with Crippen molar-refractivity contribution < 1.29 is 32.4 Å². The second-order valence-corrected chi connectivity index (χ2v) is 8.80. The molecule has 1 unspecified atom stereocenters. The number of carbonyl (C=O) groups excluding carboxylic acids is 1. The third kappa shape index (κ3) is 7.23. The maximum atomic E-state index is 12.5. The summed E-state index contributed by atoms with van der Waals surface area (Å²) >= 11 is 0. The van der Waals surface area contributed by atoms with Gasteiger partial charge in [-0.3, -0.25) is 30.4 Å². The summed E-state index contributed by atoms with van der Waals surface area (Å²) < 4.78 is 37.6. The Kier molecular flexibility index (Phi) is 8.73. The van der Waals surface area contributed by atoms with E-state index in [0.717, 1.165) is 18.0 Å². The molecule has 0 aliphatic carbocycles. The zero-order valence-corrected chi connectivity index (χ0v) is 18.5. The number of aromatic nitrogens is 1. The Morgan fingerprint density at radius 1 is 1.33 bits per heavy atom. The topological polar surface area (TPSA) is 175 Å². The van der Waals surface area contributed by atoms with Gasteiger partial charge in [-0.2, -0.15) is 4.72 Å². The van der Waals surface area contributed by atoms with Gasteiger partial charge in [0.15, 0.2) is 0 Å². The molecule has 1 aliphatic heterocycles. The number of ether oxygens (including phenoxy) is 1. The third-order valence-corrected chi connectivity index (χ3v) is 6.14. The zero-order valence-electron chi connectivity index (χ0n) is 17.6. The summed E-state index contributed by atoms with van der Waals surface area (Å²) in [6.07, 6.45) is 1.08. The van der Waals surface area contributed by atoms with Crippen LogP contribution in [0.15, 0.2) is 45.8 Å². The molecule has 33 heavy (non-hydrogen) atoms. The number of carbonyl (C=O) groups is 2. The summed E-state index contributed by atoms with van der Waals surface area (Å²) in [5.41, 5.74) is 0. The lowest BCUT2D eigenvalue weighted by Gasteiger charge is -2.20. The molecule has 2 heterocycles. The minimum Gasteiger partial charge on any atom is -0.480 e. The molecule has 0 saturated carbocycles. The molecule has 180 valence electrons. The zero-order chi connectivity index (χ0) is 23.7. The van der Waals surface area contributed by atoms with Gasteiger partial charge in [-0.05, 0) is 23.7 Å². The molecule has 0 bridgehead atoms. The summed E-state index contributed by atoms with van der Waals surface area (Å²) in [4.78, 5) is 24.0. The highest BCUT2D eigenvalue weighted by molar-refractivity contribution is 7.89. The number of nitrogens with one attached hydrogen (secondary N) is 4. The summed E-state index contributed by atoms with van der Waals surface area (Å²) in [7, 11) is -4.12. The van der Waals surface area contributed by atoms with E-state index in [1.54, 1.807) is 6.07 Å². The van der Waals surface area contributed by atoms with Crippen LogP contribution in [0.25, 0.3) is 0 Å². The largest absolute Gasteiger partial charge is 0.480 e. The maximum absolute atomic E-state index is 12.5. The monoisotopic (exact) mass is 482 g/mol. The first kappa shape index (κ1) is 24.6. The first-order chi connectivity index (χ1) is 15.9. The van der Waals surface area contributed by atoms with Gasteiger partial charge in [0.25, 0.3) is 5.88 Å². The minimum atomic E-state index is -4.12. The molecular weight excluding hydrogens is 456 g/mol. The van der Waals surface area contributed by atoms with Crippen LogP contribution in [-0.2, 0) is 19.6 Å². The van der Waals surface area contributed by atoms with Crippen molar-refractivity contribution >= 4 is 28.3 Å². The SMILES string of the molecule is O=CN(CC(NS(=O)(=O)c1ccccc1)C(=O)O)c1cc(OCCCNC2NCCN2)no1. The van der Waals surface area contributed by atoms with E-state index in [0.29, 0.717) is 26.0 Å². The van der Waals surface area contributed by atoms with Gasteiger partial charge in [0, 0.05) is 19.6 Å². The quantitative estimate of drug-likeness (QED) is 0.163. The number of benzene rings is 1. The van der Waals surface area contributed by atoms with Crippen molar-refractivity contribution in [3.8, 4) is 5.88 Å². The van der Waals surface area contributed by atoms with Crippen LogP contribution in [0, 0.1) is 0 Å². The Balaban J connectivity index is 1.53. The van der Waals surface area contributed by atoms with E-state index >= 15 is 0 Å². The number of amides is 1. The van der Waals surface area contributed by atoms with E-state index < -0.39 is 28.6 Å². The number of hydrogen-bond acceptors (Lipinski definition) is 10. The second kappa shape index (κ2) is 11.7. The van der Waals surface area contributed by atoms with Gasteiger partial charge < -0.3 is 14.4 Å². The smallest absolute Gasteiger partial charge is 0.323 e. The molecule has 14 heteroatoms. The fraction of sp³-hybridized carbons (Fsp3) is 0.421. The average molecular weight is 483 g/mol. The van der Waals surface area contributed by atoms with Gasteiger partial charge in [-0.1, -0.05) is 18.2 Å². The number of carboxylic acids is 1. The van der Waals surface area contributed by atoms with Crippen LogP contribution >= 0.6 is 0 Å². The van der Waals surface area contributed by atoms with Crippen molar-refractivity contribution in [1.82, 2.24) is 25.8 Å². The van der Waals surface area contributed by atoms with E-state index in [4.69, 9.17) is 9.26 Å². The van der Waals surface area contributed by atoms with Crippen LogP contribution in [0.3, 0.4) is 0 Å². The van der Waals surface area contributed by atoms with Crippen molar-refractivity contribution in [3.63, 3.8) is 0 Å². The highest BCUT2D eigenvalue weighted by Crippen LogP contribution is 2.20. The molecule has 5 N–H and O–H groups in total. The predicted molar refractivity (Wildman–Crippen MR) is 116 cm³/mol. The van der Waals surface area contributed by atoms with Crippen molar-refractivity contribution in [3.05, 3.63) is 36.4 Å². The molecule has 1 aliphatic rings. The number of nitrogens with zero attached hydrogens (tertiary/aromatic N) is 2. The molecule has 0 radical (unpaired) electrons. The maximum Gasteiger partial charge on any atom is 0.323 e. The average Bonchev–Trinajstić information content (AvgIpc) is 3.49. The van der Waals surface area contributed by atoms with Crippen molar-refractivity contribution in [2.24, 2.45) is 0 Å². The van der Waals surface area contributed by atoms with Crippen molar-refractivity contribution in [2.45, 2.75) is 23.6 Å². The van der Waals surface area contributed by atoms with Crippen LogP contribution in [0.1, 0.15) is 6.42 Å². The van der Waals surface area contributed by atoms with E-state index in [1.165, 1.54) is 30.3 Å².